The summed E-state index contributed by atoms with van der Waals surface area (Å²) in [6.07, 6.45) is 3.58. The number of nitrogens with zero attached hydrogens (tertiary/aromatic N) is 2. The topological polar surface area (TPSA) is 25.2 Å². The predicted octanol–water partition coefficient (Wildman–Crippen LogP) is 5.13. The standard InChI is InChI=1S/C19H17ClN2OS2/c1-4-9-21-18(23)17(25-19(21)24)11-14-10-12(2)22(13(14)3)16-8-6-5-7-15(16)20/h4-8,10-11H,1,9H2,2-3H3/b17-11-. The molecule has 2 heterocycles. The number of aromatic nitrogens is 1. The third kappa shape index (κ3) is 3.32. The highest BCUT2D eigenvalue weighted by Crippen LogP contribution is 2.34. The van der Waals surface area contributed by atoms with Gasteiger partial charge in [-0.25, -0.2) is 0 Å². The first-order chi connectivity index (χ1) is 11.9. The highest BCUT2D eigenvalue weighted by Gasteiger charge is 2.31. The summed E-state index contributed by atoms with van der Waals surface area (Å²) in [5.74, 6) is -0.0718. The number of benzene rings is 1. The van der Waals surface area contributed by atoms with Crippen LogP contribution in [0.25, 0.3) is 11.8 Å². The molecule has 3 rings (SSSR count). The molecule has 0 unspecified atom stereocenters. The molecular formula is C19H17ClN2OS2. The van der Waals surface area contributed by atoms with E-state index in [2.05, 4.69) is 17.2 Å². The molecule has 3 nitrogen and oxygen atoms in total. The van der Waals surface area contributed by atoms with E-state index in [1.807, 2.05) is 44.2 Å². The number of para-hydroxylation sites is 1. The van der Waals surface area contributed by atoms with Crippen molar-refractivity contribution >= 4 is 51.9 Å². The second kappa shape index (κ2) is 7.20. The highest BCUT2D eigenvalue weighted by molar-refractivity contribution is 8.26. The first kappa shape index (κ1) is 18.0. The molecule has 0 spiro atoms. The number of halogens is 1. The van der Waals surface area contributed by atoms with Gasteiger partial charge in [-0.2, -0.15) is 0 Å². The molecule has 0 bridgehead atoms. The van der Waals surface area contributed by atoms with Gasteiger partial charge in [0.15, 0.2) is 0 Å². The minimum Gasteiger partial charge on any atom is -0.316 e. The molecule has 0 N–H and O–H groups in total. The molecule has 1 saturated heterocycles. The Morgan fingerprint density at radius 3 is 2.72 bits per heavy atom. The van der Waals surface area contributed by atoms with Crippen molar-refractivity contribution in [1.82, 2.24) is 9.47 Å². The molecule has 1 aromatic carbocycles. The molecule has 1 amide bonds. The van der Waals surface area contributed by atoms with Crippen molar-refractivity contribution in [2.24, 2.45) is 0 Å². The zero-order valence-electron chi connectivity index (χ0n) is 14.0. The average Bonchev–Trinajstić information content (AvgIpc) is 2.99. The average molecular weight is 389 g/mol. The van der Waals surface area contributed by atoms with E-state index in [1.54, 1.807) is 11.0 Å². The molecule has 1 aliphatic heterocycles. The van der Waals surface area contributed by atoms with Gasteiger partial charge in [0.25, 0.3) is 5.91 Å². The predicted molar refractivity (Wildman–Crippen MR) is 110 cm³/mol. The van der Waals surface area contributed by atoms with Crippen LogP contribution in [0.4, 0.5) is 0 Å². The van der Waals surface area contributed by atoms with Gasteiger partial charge in [0.05, 0.1) is 15.6 Å². The Morgan fingerprint density at radius 2 is 2.04 bits per heavy atom. The number of thiocarbonyl (C=S) groups is 1. The number of carbonyl (C=O) groups excluding carboxylic acids is 1. The normalized spacial score (nSPS) is 16.1. The largest absolute Gasteiger partial charge is 0.316 e. The van der Waals surface area contributed by atoms with E-state index in [0.29, 0.717) is 20.8 Å². The minimum absolute atomic E-state index is 0.0718. The molecule has 6 heteroatoms. The van der Waals surface area contributed by atoms with Gasteiger partial charge < -0.3 is 4.57 Å². The van der Waals surface area contributed by atoms with E-state index < -0.39 is 0 Å². The fourth-order valence-electron chi connectivity index (χ4n) is 2.87. The van der Waals surface area contributed by atoms with Crippen molar-refractivity contribution in [3.8, 4) is 5.69 Å². The van der Waals surface area contributed by atoms with Gasteiger partial charge in [0.2, 0.25) is 0 Å². The van der Waals surface area contributed by atoms with Crippen molar-refractivity contribution in [2.75, 3.05) is 6.54 Å². The van der Waals surface area contributed by atoms with Crippen LogP contribution in [-0.2, 0) is 4.79 Å². The number of thioether (sulfide) groups is 1. The fourth-order valence-corrected chi connectivity index (χ4v) is 4.35. The first-order valence-electron chi connectivity index (χ1n) is 7.74. The first-order valence-corrected chi connectivity index (χ1v) is 9.34. The number of carbonyl (C=O) groups is 1. The third-order valence-corrected chi connectivity index (χ3v) is 5.73. The van der Waals surface area contributed by atoms with Gasteiger partial charge in [-0.3, -0.25) is 9.69 Å². The van der Waals surface area contributed by atoms with Crippen LogP contribution in [0.5, 0.6) is 0 Å². The zero-order valence-corrected chi connectivity index (χ0v) is 16.3. The molecule has 1 aromatic heterocycles. The lowest BCUT2D eigenvalue weighted by Crippen LogP contribution is -2.27. The smallest absolute Gasteiger partial charge is 0.266 e. The summed E-state index contributed by atoms with van der Waals surface area (Å²) in [7, 11) is 0. The van der Waals surface area contributed by atoms with E-state index in [4.69, 9.17) is 23.8 Å². The molecule has 0 saturated carbocycles. The number of rotatable bonds is 4. The van der Waals surface area contributed by atoms with Crippen LogP contribution in [0.1, 0.15) is 17.0 Å². The maximum Gasteiger partial charge on any atom is 0.266 e. The Bertz CT molecular complexity index is 914. The van der Waals surface area contributed by atoms with Gasteiger partial charge in [-0.15, -0.1) is 6.58 Å². The third-order valence-electron chi connectivity index (χ3n) is 4.04. The van der Waals surface area contributed by atoms with Gasteiger partial charge in [-0.1, -0.05) is 53.8 Å². The Kier molecular flexibility index (Phi) is 5.18. The molecule has 0 aliphatic carbocycles. The van der Waals surface area contributed by atoms with E-state index in [0.717, 1.165) is 22.6 Å². The maximum absolute atomic E-state index is 12.5. The molecule has 0 atom stereocenters. The van der Waals surface area contributed by atoms with Crippen LogP contribution in [0, 0.1) is 13.8 Å². The monoisotopic (exact) mass is 388 g/mol. The molecular weight excluding hydrogens is 372 g/mol. The zero-order chi connectivity index (χ0) is 18.1. The second-order valence-electron chi connectivity index (χ2n) is 5.69. The van der Waals surface area contributed by atoms with Crippen molar-refractivity contribution in [1.29, 1.82) is 0 Å². The highest BCUT2D eigenvalue weighted by atomic mass is 35.5. The number of hydrogen-bond donors (Lipinski definition) is 0. The quantitative estimate of drug-likeness (QED) is 0.412. The minimum atomic E-state index is -0.0718. The van der Waals surface area contributed by atoms with Crippen LogP contribution in [0.15, 0.2) is 47.9 Å². The summed E-state index contributed by atoms with van der Waals surface area (Å²) in [6, 6.07) is 9.77. The Balaban J connectivity index is 2.02. The van der Waals surface area contributed by atoms with Crippen LogP contribution in [0.3, 0.4) is 0 Å². The summed E-state index contributed by atoms with van der Waals surface area (Å²) < 4.78 is 2.66. The van der Waals surface area contributed by atoms with E-state index in [-0.39, 0.29) is 5.91 Å². The maximum atomic E-state index is 12.5. The van der Waals surface area contributed by atoms with Crippen molar-refractivity contribution in [3.63, 3.8) is 0 Å². The lowest BCUT2D eigenvalue weighted by molar-refractivity contribution is -0.121. The molecule has 128 valence electrons. The van der Waals surface area contributed by atoms with Crippen molar-refractivity contribution in [2.45, 2.75) is 13.8 Å². The number of amides is 1. The summed E-state index contributed by atoms with van der Waals surface area (Å²) in [5, 5.41) is 0.688. The molecule has 0 radical (unpaired) electrons. The Labute approximate surface area is 162 Å². The van der Waals surface area contributed by atoms with Gasteiger partial charge in [-0.05, 0) is 43.7 Å². The summed E-state index contributed by atoms with van der Waals surface area (Å²) in [4.78, 5) is 14.7. The van der Waals surface area contributed by atoms with Crippen LogP contribution >= 0.6 is 35.6 Å². The van der Waals surface area contributed by atoms with Gasteiger partial charge in [0, 0.05) is 17.9 Å². The summed E-state index contributed by atoms with van der Waals surface area (Å²) in [5.41, 5.74) is 3.99. The fraction of sp³-hybridized carbons (Fsp3) is 0.158. The van der Waals surface area contributed by atoms with Crippen LogP contribution in [0.2, 0.25) is 5.02 Å². The van der Waals surface area contributed by atoms with Gasteiger partial charge in [0.1, 0.15) is 4.32 Å². The SMILES string of the molecule is C=CCN1C(=O)/C(=C/c2cc(C)n(-c3ccccc3Cl)c2C)SC1=S. The lowest BCUT2D eigenvalue weighted by Gasteiger charge is -2.11. The Hall–Kier alpha value is -1.82. The summed E-state index contributed by atoms with van der Waals surface area (Å²) >= 11 is 13.0. The van der Waals surface area contributed by atoms with Crippen LogP contribution in [-0.4, -0.2) is 26.2 Å². The molecule has 2 aromatic rings. The summed E-state index contributed by atoms with van der Waals surface area (Å²) in [6.45, 7) is 8.15. The van der Waals surface area contributed by atoms with E-state index >= 15 is 0 Å². The molecule has 25 heavy (non-hydrogen) atoms. The molecule has 1 fully saturated rings. The van der Waals surface area contributed by atoms with Crippen LogP contribution < -0.4 is 0 Å². The lowest BCUT2D eigenvalue weighted by atomic mass is 10.2. The van der Waals surface area contributed by atoms with Gasteiger partial charge >= 0.3 is 0 Å². The van der Waals surface area contributed by atoms with E-state index in [9.17, 15) is 4.79 Å². The van der Waals surface area contributed by atoms with E-state index in [1.165, 1.54) is 11.8 Å². The number of hydrogen-bond acceptors (Lipinski definition) is 3. The van der Waals surface area contributed by atoms with Crippen molar-refractivity contribution < 1.29 is 4.79 Å². The number of aryl methyl sites for hydroxylation is 1. The van der Waals surface area contributed by atoms with Crippen molar-refractivity contribution in [3.05, 3.63) is 69.9 Å². The second-order valence-corrected chi connectivity index (χ2v) is 7.78. The Morgan fingerprint density at radius 1 is 1.32 bits per heavy atom. The molecule has 1 aliphatic rings.